The SMILES string of the molecule is F[B-](F)(F)C1CCOC2(CCCC2)C1.[K+]. The summed E-state index contributed by atoms with van der Waals surface area (Å²) in [5.74, 6) is -1.07. The summed E-state index contributed by atoms with van der Waals surface area (Å²) in [4.78, 5) is 0. The first-order chi connectivity index (χ1) is 6.52. The number of ether oxygens (including phenoxy) is 1. The average Bonchev–Trinajstić information content (AvgIpc) is 2.52. The molecule has 1 unspecified atom stereocenters. The third-order valence-electron chi connectivity index (χ3n) is 3.58. The van der Waals surface area contributed by atoms with Gasteiger partial charge in [0.2, 0.25) is 0 Å². The Bertz CT molecular complexity index is 216. The van der Waals surface area contributed by atoms with Crippen LogP contribution in [0.2, 0.25) is 5.82 Å². The van der Waals surface area contributed by atoms with Gasteiger partial charge in [-0.2, -0.15) is 0 Å². The molecular formula is C9H15BF3KO. The molecule has 0 aromatic carbocycles. The molecule has 15 heavy (non-hydrogen) atoms. The minimum absolute atomic E-state index is 0. The van der Waals surface area contributed by atoms with E-state index >= 15 is 0 Å². The molecule has 1 saturated carbocycles. The summed E-state index contributed by atoms with van der Waals surface area (Å²) in [6, 6.07) is 0. The molecule has 0 bridgehead atoms. The molecule has 1 aliphatic heterocycles. The molecule has 0 radical (unpaired) electrons. The maximum atomic E-state index is 12.6. The molecule has 1 aliphatic carbocycles. The minimum atomic E-state index is -4.66. The van der Waals surface area contributed by atoms with Crippen LogP contribution in [0.5, 0.6) is 0 Å². The summed E-state index contributed by atoms with van der Waals surface area (Å²) >= 11 is 0. The number of hydrogen-bond acceptors (Lipinski definition) is 1. The Kier molecular flexibility index (Phi) is 5.22. The van der Waals surface area contributed by atoms with Gasteiger partial charge in [0.25, 0.3) is 0 Å². The molecule has 0 aromatic heterocycles. The molecule has 1 nitrogen and oxygen atoms in total. The van der Waals surface area contributed by atoms with Crippen LogP contribution in [0.25, 0.3) is 0 Å². The largest absolute Gasteiger partial charge is 1.00 e. The molecule has 0 aromatic rings. The van der Waals surface area contributed by atoms with Crippen LogP contribution in [0.15, 0.2) is 0 Å². The number of hydrogen-bond donors (Lipinski definition) is 0. The molecule has 2 rings (SSSR count). The Morgan fingerprint density at radius 1 is 1.13 bits per heavy atom. The van der Waals surface area contributed by atoms with Gasteiger partial charge in [0, 0.05) is 6.61 Å². The molecule has 0 amide bonds. The average molecular weight is 246 g/mol. The Morgan fingerprint density at radius 3 is 2.27 bits per heavy atom. The van der Waals surface area contributed by atoms with E-state index in [0.717, 1.165) is 25.7 Å². The predicted octanol–water partition coefficient (Wildman–Crippen LogP) is 0.331. The first-order valence-electron chi connectivity index (χ1n) is 5.36. The second-order valence-corrected chi connectivity index (χ2v) is 4.62. The van der Waals surface area contributed by atoms with Crippen molar-refractivity contribution in [1.29, 1.82) is 0 Å². The van der Waals surface area contributed by atoms with E-state index in [2.05, 4.69) is 0 Å². The molecular weight excluding hydrogens is 231 g/mol. The normalized spacial score (nSPS) is 30.2. The van der Waals surface area contributed by atoms with Crippen molar-refractivity contribution in [3.05, 3.63) is 0 Å². The second kappa shape index (κ2) is 5.40. The van der Waals surface area contributed by atoms with Crippen LogP contribution in [0.1, 0.15) is 38.5 Å². The van der Waals surface area contributed by atoms with Gasteiger partial charge in [-0.15, -0.1) is 0 Å². The number of rotatable bonds is 1. The van der Waals surface area contributed by atoms with Crippen molar-refractivity contribution in [3.8, 4) is 0 Å². The summed E-state index contributed by atoms with van der Waals surface area (Å²) in [6.07, 6.45) is 4.10. The summed E-state index contributed by atoms with van der Waals surface area (Å²) in [5, 5.41) is 0. The van der Waals surface area contributed by atoms with Crippen molar-refractivity contribution in [3.63, 3.8) is 0 Å². The van der Waals surface area contributed by atoms with Crippen molar-refractivity contribution >= 4 is 6.98 Å². The van der Waals surface area contributed by atoms with E-state index in [-0.39, 0.29) is 64.2 Å². The van der Waals surface area contributed by atoms with E-state index in [1.54, 1.807) is 0 Å². The van der Waals surface area contributed by atoms with Crippen LogP contribution in [0, 0.1) is 0 Å². The topological polar surface area (TPSA) is 9.23 Å². The summed E-state index contributed by atoms with van der Waals surface area (Å²) in [6.45, 7) is -4.36. The minimum Gasteiger partial charge on any atom is -0.449 e. The molecule has 2 aliphatic rings. The van der Waals surface area contributed by atoms with Crippen LogP contribution >= 0.6 is 0 Å². The Morgan fingerprint density at radius 2 is 1.73 bits per heavy atom. The smallest absolute Gasteiger partial charge is 0.449 e. The first kappa shape index (κ1) is 14.5. The van der Waals surface area contributed by atoms with Gasteiger partial charge in [-0.1, -0.05) is 25.1 Å². The van der Waals surface area contributed by atoms with E-state index in [0.29, 0.717) is 6.61 Å². The van der Waals surface area contributed by atoms with E-state index < -0.39 is 18.4 Å². The van der Waals surface area contributed by atoms with Crippen LogP contribution in [0.3, 0.4) is 0 Å². The van der Waals surface area contributed by atoms with E-state index in [1.165, 1.54) is 0 Å². The predicted molar refractivity (Wildman–Crippen MR) is 49.2 cm³/mol. The van der Waals surface area contributed by atoms with E-state index in [1.807, 2.05) is 0 Å². The van der Waals surface area contributed by atoms with Gasteiger partial charge in [-0.05, 0) is 19.3 Å². The van der Waals surface area contributed by atoms with Crippen LogP contribution < -0.4 is 51.4 Å². The third-order valence-corrected chi connectivity index (χ3v) is 3.58. The molecule has 1 heterocycles. The molecule has 0 N–H and O–H groups in total. The van der Waals surface area contributed by atoms with Crippen molar-refractivity contribution in [2.24, 2.45) is 0 Å². The summed E-state index contributed by atoms with van der Waals surface area (Å²) < 4.78 is 43.3. The third kappa shape index (κ3) is 3.45. The van der Waals surface area contributed by atoms with Gasteiger partial charge in [0.15, 0.2) is 0 Å². The molecule has 82 valence electrons. The molecule has 6 heteroatoms. The van der Waals surface area contributed by atoms with Crippen LogP contribution in [-0.4, -0.2) is 19.2 Å². The van der Waals surface area contributed by atoms with Crippen LogP contribution in [0.4, 0.5) is 12.9 Å². The van der Waals surface area contributed by atoms with Gasteiger partial charge >= 0.3 is 58.4 Å². The molecule has 2 fully saturated rings. The van der Waals surface area contributed by atoms with Crippen molar-refractivity contribution in [2.45, 2.75) is 49.9 Å². The maximum Gasteiger partial charge on any atom is 1.00 e. The Labute approximate surface area is 131 Å². The zero-order valence-electron chi connectivity index (χ0n) is 9.15. The molecule has 1 saturated heterocycles. The number of halogens is 3. The second-order valence-electron chi connectivity index (χ2n) is 4.62. The monoisotopic (exact) mass is 246 g/mol. The Balaban J connectivity index is 0.00000112. The van der Waals surface area contributed by atoms with Crippen LogP contribution in [-0.2, 0) is 4.74 Å². The fourth-order valence-corrected chi connectivity index (χ4v) is 2.76. The van der Waals surface area contributed by atoms with Gasteiger partial charge in [0.05, 0.1) is 5.60 Å². The first-order valence-corrected chi connectivity index (χ1v) is 5.36. The fraction of sp³-hybridized carbons (Fsp3) is 1.00. The van der Waals surface area contributed by atoms with Gasteiger partial charge in [0.1, 0.15) is 0 Å². The Hall–Kier alpha value is 1.45. The van der Waals surface area contributed by atoms with Crippen molar-refractivity contribution in [1.82, 2.24) is 0 Å². The molecule has 1 spiro atoms. The zero-order valence-corrected chi connectivity index (χ0v) is 12.3. The van der Waals surface area contributed by atoms with Crippen molar-refractivity contribution in [2.75, 3.05) is 6.61 Å². The van der Waals surface area contributed by atoms with Gasteiger partial charge in [-0.25, -0.2) is 0 Å². The van der Waals surface area contributed by atoms with Crippen molar-refractivity contribution < 1.29 is 69.1 Å². The zero-order chi connectivity index (χ0) is 10.2. The standard InChI is InChI=1S/C9H15BF3O.K/c11-10(12,13)8-3-6-14-9(7-8)4-1-2-5-9;/h8H,1-7H2;/q-1;+1. The quantitative estimate of drug-likeness (QED) is 0.606. The van der Waals surface area contributed by atoms with Gasteiger partial charge < -0.3 is 17.7 Å². The summed E-state index contributed by atoms with van der Waals surface area (Å²) in [7, 11) is 0. The maximum absolute atomic E-state index is 12.6. The van der Waals surface area contributed by atoms with E-state index in [4.69, 9.17) is 4.74 Å². The van der Waals surface area contributed by atoms with E-state index in [9.17, 15) is 12.9 Å². The summed E-state index contributed by atoms with van der Waals surface area (Å²) in [5.41, 5.74) is -0.403. The molecule has 1 atom stereocenters. The fourth-order valence-electron chi connectivity index (χ4n) is 2.76. The van der Waals surface area contributed by atoms with Gasteiger partial charge in [-0.3, -0.25) is 0 Å².